The highest BCUT2D eigenvalue weighted by atomic mass is 16.4. The molecule has 1 aliphatic heterocycles. The molecule has 3 rings (SSSR count). The Morgan fingerprint density at radius 1 is 1.39 bits per heavy atom. The second-order valence-electron chi connectivity index (χ2n) is 6.17. The Bertz CT molecular complexity index is 680. The van der Waals surface area contributed by atoms with E-state index >= 15 is 0 Å². The van der Waals surface area contributed by atoms with Crippen LogP contribution in [-0.2, 0) is 13.1 Å². The molecule has 1 unspecified atom stereocenters. The predicted molar refractivity (Wildman–Crippen MR) is 88.6 cm³/mol. The van der Waals surface area contributed by atoms with Gasteiger partial charge in [-0.25, -0.2) is 4.79 Å². The number of benzene rings is 1. The smallest absolute Gasteiger partial charge is 0.335 e. The minimum atomic E-state index is -0.857. The molecule has 23 heavy (non-hydrogen) atoms. The molecule has 5 nitrogen and oxygen atoms in total. The molecule has 1 fully saturated rings. The van der Waals surface area contributed by atoms with Gasteiger partial charge in [0.25, 0.3) is 0 Å². The van der Waals surface area contributed by atoms with E-state index in [1.54, 1.807) is 6.07 Å². The van der Waals surface area contributed by atoms with Gasteiger partial charge in [-0.2, -0.15) is 5.10 Å². The second-order valence-corrected chi connectivity index (χ2v) is 6.17. The van der Waals surface area contributed by atoms with Crippen molar-refractivity contribution in [2.45, 2.75) is 38.8 Å². The number of piperidine rings is 1. The summed E-state index contributed by atoms with van der Waals surface area (Å²) in [6, 6.07) is 9.46. The second kappa shape index (κ2) is 6.96. The van der Waals surface area contributed by atoms with Crippen LogP contribution in [-0.4, -0.2) is 38.8 Å². The molecule has 1 atom stereocenters. The first-order valence-electron chi connectivity index (χ1n) is 8.23. The number of aryl methyl sites for hydroxylation is 1. The molecule has 1 aromatic carbocycles. The average Bonchev–Trinajstić information content (AvgIpc) is 3.03. The maximum atomic E-state index is 11.2. The standard InChI is InChI=1S/C18H23N3O2/c1-2-21-10-8-17(19-21)13-20-9-4-7-16(12-20)14-5-3-6-15(11-14)18(22)23/h3,5-6,8,10-11,16H,2,4,7,9,12-13H2,1H3,(H,22,23). The summed E-state index contributed by atoms with van der Waals surface area (Å²) >= 11 is 0. The van der Waals surface area contributed by atoms with Crippen LogP contribution < -0.4 is 0 Å². The van der Waals surface area contributed by atoms with E-state index in [1.807, 2.05) is 29.1 Å². The van der Waals surface area contributed by atoms with Crippen LogP contribution in [0.3, 0.4) is 0 Å². The van der Waals surface area contributed by atoms with E-state index in [0.717, 1.165) is 50.3 Å². The molecule has 2 heterocycles. The minimum Gasteiger partial charge on any atom is -0.478 e. The molecule has 5 heteroatoms. The van der Waals surface area contributed by atoms with Gasteiger partial charge >= 0.3 is 5.97 Å². The van der Waals surface area contributed by atoms with Crippen molar-refractivity contribution in [3.8, 4) is 0 Å². The Labute approximate surface area is 136 Å². The monoisotopic (exact) mass is 313 g/mol. The summed E-state index contributed by atoms with van der Waals surface area (Å²) in [5.74, 6) is -0.457. The Morgan fingerprint density at radius 3 is 3.00 bits per heavy atom. The highest BCUT2D eigenvalue weighted by molar-refractivity contribution is 5.87. The number of carboxylic acid groups (broad SMARTS) is 1. The molecule has 0 saturated carbocycles. The van der Waals surface area contributed by atoms with E-state index in [2.05, 4.69) is 23.0 Å². The molecule has 0 amide bonds. The van der Waals surface area contributed by atoms with Crippen molar-refractivity contribution in [1.82, 2.24) is 14.7 Å². The third-order valence-corrected chi connectivity index (χ3v) is 4.52. The topological polar surface area (TPSA) is 58.4 Å². The summed E-state index contributed by atoms with van der Waals surface area (Å²) in [4.78, 5) is 13.6. The number of rotatable bonds is 5. The molecule has 1 aromatic heterocycles. The maximum Gasteiger partial charge on any atom is 0.335 e. The number of hydrogen-bond acceptors (Lipinski definition) is 3. The molecule has 1 saturated heterocycles. The Kier molecular flexibility index (Phi) is 4.76. The van der Waals surface area contributed by atoms with E-state index < -0.39 is 5.97 Å². The predicted octanol–water partition coefficient (Wildman–Crippen LogP) is 2.98. The van der Waals surface area contributed by atoms with E-state index in [-0.39, 0.29) is 0 Å². The molecule has 0 bridgehead atoms. The van der Waals surface area contributed by atoms with Gasteiger partial charge in [0.2, 0.25) is 0 Å². The van der Waals surface area contributed by atoms with E-state index in [0.29, 0.717) is 11.5 Å². The summed E-state index contributed by atoms with van der Waals surface area (Å²) in [5, 5.41) is 13.7. The summed E-state index contributed by atoms with van der Waals surface area (Å²) in [7, 11) is 0. The lowest BCUT2D eigenvalue weighted by molar-refractivity contribution is 0.0696. The molecule has 122 valence electrons. The molecule has 0 aliphatic carbocycles. The lowest BCUT2D eigenvalue weighted by Gasteiger charge is -2.32. The van der Waals surface area contributed by atoms with Crippen LogP contribution in [0.5, 0.6) is 0 Å². The molecule has 1 N–H and O–H groups in total. The Balaban J connectivity index is 1.68. The largest absolute Gasteiger partial charge is 0.478 e. The fraction of sp³-hybridized carbons (Fsp3) is 0.444. The lowest BCUT2D eigenvalue weighted by Crippen LogP contribution is -2.34. The molecule has 0 spiro atoms. The molecule has 2 aromatic rings. The van der Waals surface area contributed by atoms with Gasteiger partial charge in [0, 0.05) is 25.8 Å². The zero-order valence-electron chi connectivity index (χ0n) is 13.5. The third kappa shape index (κ3) is 3.79. The summed E-state index contributed by atoms with van der Waals surface area (Å²) in [6.07, 6.45) is 4.27. The van der Waals surface area contributed by atoms with E-state index in [9.17, 15) is 4.79 Å². The molecule has 1 aliphatic rings. The first-order valence-corrected chi connectivity index (χ1v) is 8.23. The van der Waals surface area contributed by atoms with Crippen molar-refractivity contribution >= 4 is 5.97 Å². The Hall–Kier alpha value is -2.14. The summed E-state index contributed by atoms with van der Waals surface area (Å²) in [5.41, 5.74) is 2.61. The highest BCUT2D eigenvalue weighted by Gasteiger charge is 2.22. The SMILES string of the molecule is CCn1ccc(CN2CCCC(c3cccc(C(=O)O)c3)C2)n1. The van der Waals surface area contributed by atoms with Gasteiger partial charge in [-0.3, -0.25) is 9.58 Å². The molecular formula is C18H23N3O2. The van der Waals surface area contributed by atoms with Crippen LogP contribution in [0, 0.1) is 0 Å². The Morgan fingerprint density at radius 2 is 2.26 bits per heavy atom. The van der Waals surface area contributed by atoms with Crippen LogP contribution in [0.1, 0.15) is 47.3 Å². The number of carbonyl (C=O) groups is 1. The molecule has 0 radical (unpaired) electrons. The van der Waals surface area contributed by atoms with Gasteiger partial charge in [-0.1, -0.05) is 12.1 Å². The van der Waals surface area contributed by atoms with Crippen molar-refractivity contribution < 1.29 is 9.90 Å². The quantitative estimate of drug-likeness (QED) is 0.922. The van der Waals surface area contributed by atoms with Crippen molar-refractivity contribution in [3.63, 3.8) is 0 Å². The third-order valence-electron chi connectivity index (χ3n) is 4.52. The number of aromatic carboxylic acids is 1. The fourth-order valence-electron chi connectivity index (χ4n) is 3.29. The van der Waals surface area contributed by atoms with Crippen LogP contribution in [0.4, 0.5) is 0 Å². The van der Waals surface area contributed by atoms with Crippen molar-refractivity contribution in [3.05, 3.63) is 53.3 Å². The first kappa shape index (κ1) is 15.7. The lowest BCUT2D eigenvalue weighted by atomic mass is 9.89. The highest BCUT2D eigenvalue weighted by Crippen LogP contribution is 2.28. The van der Waals surface area contributed by atoms with Crippen LogP contribution in [0.25, 0.3) is 0 Å². The van der Waals surface area contributed by atoms with Crippen LogP contribution in [0.15, 0.2) is 36.5 Å². The van der Waals surface area contributed by atoms with Crippen molar-refractivity contribution in [2.75, 3.05) is 13.1 Å². The van der Waals surface area contributed by atoms with Gasteiger partial charge in [0.15, 0.2) is 0 Å². The fourth-order valence-corrected chi connectivity index (χ4v) is 3.29. The number of likely N-dealkylation sites (tertiary alicyclic amines) is 1. The van der Waals surface area contributed by atoms with Crippen LogP contribution in [0.2, 0.25) is 0 Å². The normalized spacial score (nSPS) is 18.9. The zero-order valence-corrected chi connectivity index (χ0v) is 13.5. The number of hydrogen-bond donors (Lipinski definition) is 1. The first-order chi connectivity index (χ1) is 11.2. The van der Waals surface area contributed by atoms with E-state index in [1.165, 1.54) is 0 Å². The maximum absolute atomic E-state index is 11.2. The number of aromatic nitrogens is 2. The zero-order chi connectivity index (χ0) is 16.2. The van der Waals surface area contributed by atoms with Gasteiger partial charge in [-0.05, 0) is 56.0 Å². The summed E-state index contributed by atoms with van der Waals surface area (Å²) in [6.45, 7) is 5.88. The van der Waals surface area contributed by atoms with E-state index in [4.69, 9.17) is 5.11 Å². The average molecular weight is 313 g/mol. The van der Waals surface area contributed by atoms with Crippen molar-refractivity contribution in [1.29, 1.82) is 0 Å². The summed E-state index contributed by atoms with van der Waals surface area (Å²) < 4.78 is 1.95. The van der Waals surface area contributed by atoms with Gasteiger partial charge in [0.05, 0.1) is 11.3 Å². The van der Waals surface area contributed by atoms with Gasteiger partial charge in [0.1, 0.15) is 0 Å². The molecular weight excluding hydrogens is 290 g/mol. The number of nitrogens with zero attached hydrogens (tertiary/aromatic N) is 3. The number of carboxylic acids is 1. The van der Waals surface area contributed by atoms with Crippen molar-refractivity contribution in [2.24, 2.45) is 0 Å². The minimum absolute atomic E-state index is 0.376. The van der Waals surface area contributed by atoms with Gasteiger partial charge in [-0.15, -0.1) is 0 Å². The van der Waals surface area contributed by atoms with Crippen LogP contribution >= 0.6 is 0 Å². The van der Waals surface area contributed by atoms with Gasteiger partial charge < -0.3 is 5.11 Å².